The SMILES string of the molecule is CCN1CCN(C(=O)Nc2cccs2)CC/C2=C/[C@H](C)CC3=C(C=C(OC)C4CC34OC)CN2C1=O.[HH]. The largest absolute Gasteiger partial charge is 0.501 e. The Kier molecular flexibility index (Phi) is 6.87. The number of methoxy groups -OCH3 is 2. The summed E-state index contributed by atoms with van der Waals surface area (Å²) in [6, 6.07) is 3.68. The number of thiophene rings is 1. The highest BCUT2D eigenvalue weighted by molar-refractivity contribution is 7.14. The lowest BCUT2D eigenvalue weighted by molar-refractivity contribution is 0.0832. The van der Waals surface area contributed by atoms with Gasteiger partial charge < -0.3 is 19.3 Å². The Labute approximate surface area is 218 Å². The van der Waals surface area contributed by atoms with E-state index in [-0.39, 0.29) is 30.9 Å². The minimum atomic E-state index is -0.307. The van der Waals surface area contributed by atoms with E-state index in [1.165, 1.54) is 16.9 Å². The predicted molar refractivity (Wildman–Crippen MR) is 143 cm³/mol. The molecule has 196 valence electrons. The van der Waals surface area contributed by atoms with Crippen molar-refractivity contribution in [1.82, 2.24) is 14.7 Å². The molecule has 2 aliphatic carbocycles. The van der Waals surface area contributed by atoms with Gasteiger partial charge >= 0.3 is 12.1 Å². The van der Waals surface area contributed by atoms with Gasteiger partial charge in [-0.1, -0.05) is 13.0 Å². The van der Waals surface area contributed by atoms with Gasteiger partial charge in [0.05, 0.1) is 24.6 Å². The van der Waals surface area contributed by atoms with E-state index < -0.39 is 0 Å². The van der Waals surface area contributed by atoms with Crippen molar-refractivity contribution in [3.8, 4) is 0 Å². The normalized spacial score (nSPS) is 29.8. The Bertz CT molecular complexity index is 1120. The van der Waals surface area contributed by atoms with Crippen LogP contribution in [0.5, 0.6) is 0 Å². The molecule has 1 aromatic rings. The number of amides is 4. The Hall–Kier alpha value is -2.78. The Morgan fingerprint density at radius 1 is 1.31 bits per heavy atom. The first-order valence-electron chi connectivity index (χ1n) is 12.8. The highest BCUT2D eigenvalue weighted by atomic mass is 32.1. The molecule has 1 N–H and O–H groups in total. The molecule has 0 aromatic carbocycles. The average Bonchev–Trinajstić information content (AvgIpc) is 3.39. The van der Waals surface area contributed by atoms with Crippen LogP contribution in [0.1, 0.15) is 34.5 Å². The number of fused-ring (bicyclic) bond motifs is 3. The fraction of sp³-hybridized carbons (Fsp3) is 0.556. The van der Waals surface area contributed by atoms with Gasteiger partial charge in [-0.15, -0.1) is 11.3 Å². The summed E-state index contributed by atoms with van der Waals surface area (Å²) in [5, 5.41) is 5.77. The quantitative estimate of drug-likeness (QED) is 0.603. The molecular weight excluding hydrogens is 476 g/mol. The van der Waals surface area contributed by atoms with E-state index in [1.54, 1.807) is 14.2 Å². The molecule has 1 saturated heterocycles. The van der Waals surface area contributed by atoms with E-state index in [2.05, 4.69) is 24.4 Å². The lowest BCUT2D eigenvalue weighted by Gasteiger charge is -2.36. The molecule has 3 atom stereocenters. The first-order valence-corrected chi connectivity index (χ1v) is 13.7. The van der Waals surface area contributed by atoms with Crippen LogP contribution in [0.3, 0.4) is 0 Å². The van der Waals surface area contributed by atoms with E-state index in [9.17, 15) is 9.59 Å². The second kappa shape index (κ2) is 9.94. The van der Waals surface area contributed by atoms with Crippen molar-refractivity contribution in [1.29, 1.82) is 0 Å². The Balaban J connectivity index is 0.00000320. The van der Waals surface area contributed by atoms with Crippen molar-refractivity contribution in [3.63, 3.8) is 0 Å². The zero-order valence-corrected chi connectivity index (χ0v) is 22.4. The third-order valence-corrected chi connectivity index (χ3v) is 8.73. The maximum atomic E-state index is 13.9. The number of hydrogen-bond donors (Lipinski definition) is 1. The van der Waals surface area contributed by atoms with Crippen LogP contribution < -0.4 is 5.32 Å². The van der Waals surface area contributed by atoms with E-state index in [0.717, 1.165) is 34.9 Å². The van der Waals surface area contributed by atoms with Crippen LogP contribution in [-0.2, 0) is 9.47 Å². The molecule has 0 spiro atoms. The molecule has 1 aromatic heterocycles. The number of carbonyl (C=O) groups excluding carboxylic acids is 2. The van der Waals surface area contributed by atoms with Gasteiger partial charge in [0.1, 0.15) is 11.4 Å². The molecule has 0 radical (unpaired) electrons. The lowest BCUT2D eigenvalue weighted by Crippen LogP contribution is -2.46. The van der Waals surface area contributed by atoms with Gasteiger partial charge in [-0.05, 0) is 60.4 Å². The summed E-state index contributed by atoms with van der Waals surface area (Å²) in [5.41, 5.74) is 3.09. The topological polar surface area (TPSA) is 74.4 Å². The van der Waals surface area contributed by atoms with Crippen LogP contribution in [0.15, 0.2) is 52.3 Å². The van der Waals surface area contributed by atoms with Gasteiger partial charge in [-0.25, -0.2) is 9.59 Å². The molecule has 4 aliphatic rings. The number of carbonyl (C=O) groups is 2. The molecule has 36 heavy (non-hydrogen) atoms. The second-order valence-corrected chi connectivity index (χ2v) is 11.0. The maximum absolute atomic E-state index is 13.9. The highest BCUT2D eigenvalue weighted by Crippen LogP contribution is 2.60. The standard InChI is InChI=1S/C27H36N4O4S.H2/c1-5-29-10-11-30(25(32)28-24-7-6-12-36-24)9-8-20-13-18(2)14-21-19(17-31(20)26(29)33)15-23(34-3)22-16-27(21,22)35-4;/h6-7,12-13,15,18,22H,5,8-11,14,16-17H2,1-4H3,(H,28,32);1H/b20-13-;/t18-,22?,27?;/m0./s1. The third-order valence-electron chi connectivity index (χ3n) is 7.95. The minimum Gasteiger partial charge on any atom is -0.501 e. The first-order chi connectivity index (χ1) is 17.4. The molecule has 9 heteroatoms. The number of likely N-dealkylation sites (N-methyl/N-ethyl adjacent to an activating group) is 1. The summed E-state index contributed by atoms with van der Waals surface area (Å²) < 4.78 is 11.8. The molecule has 2 unspecified atom stereocenters. The molecule has 2 fully saturated rings. The van der Waals surface area contributed by atoms with Crippen molar-refractivity contribution < 1.29 is 20.5 Å². The number of hydrogen-bond acceptors (Lipinski definition) is 5. The molecule has 3 heterocycles. The zero-order chi connectivity index (χ0) is 25.4. The Morgan fingerprint density at radius 2 is 2.14 bits per heavy atom. The lowest BCUT2D eigenvalue weighted by atomic mass is 9.84. The highest BCUT2D eigenvalue weighted by Gasteiger charge is 2.62. The summed E-state index contributed by atoms with van der Waals surface area (Å²) in [5.74, 6) is 1.43. The third kappa shape index (κ3) is 4.43. The van der Waals surface area contributed by atoms with Gasteiger partial charge in [0.2, 0.25) is 0 Å². The number of nitrogens with one attached hydrogen (secondary N) is 1. The van der Waals surface area contributed by atoms with Crippen LogP contribution in [0.2, 0.25) is 0 Å². The fourth-order valence-electron chi connectivity index (χ4n) is 5.91. The van der Waals surface area contributed by atoms with Crippen molar-refractivity contribution in [3.05, 3.63) is 52.3 Å². The number of allylic oxidation sites excluding steroid dienone is 1. The van der Waals surface area contributed by atoms with Crippen LogP contribution >= 0.6 is 11.3 Å². The monoisotopic (exact) mass is 514 g/mol. The first kappa shape index (κ1) is 24.9. The van der Waals surface area contributed by atoms with E-state index >= 15 is 0 Å². The summed E-state index contributed by atoms with van der Waals surface area (Å²) in [6.45, 7) is 6.78. The maximum Gasteiger partial charge on any atom is 0.324 e. The van der Waals surface area contributed by atoms with Crippen molar-refractivity contribution in [2.24, 2.45) is 11.8 Å². The van der Waals surface area contributed by atoms with E-state index in [4.69, 9.17) is 9.47 Å². The molecule has 5 rings (SSSR count). The molecule has 1 saturated carbocycles. The van der Waals surface area contributed by atoms with Gasteiger partial charge in [0.25, 0.3) is 0 Å². The summed E-state index contributed by atoms with van der Waals surface area (Å²) in [4.78, 5) is 32.5. The van der Waals surface area contributed by atoms with Gasteiger partial charge in [-0.2, -0.15) is 0 Å². The zero-order valence-electron chi connectivity index (χ0n) is 21.6. The van der Waals surface area contributed by atoms with Crippen molar-refractivity contribution >= 4 is 28.4 Å². The minimum absolute atomic E-state index is 0. The molecule has 4 amide bonds. The van der Waals surface area contributed by atoms with Gasteiger partial charge in [-0.3, -0.25) is 10.2 Å². The fourth-order valence-corrected chi connectivity index (χ4v) is 6.52. The number of rotatable bonds is 4. The smallest absolute Gasteiger partial charge is 0.324 e. The van der Waals surface area contributed by atoms with Gasteiger partial charge in [0.15, 0.2) is 0 Å². The summed E-state index contributed by atoms with van der Waals surface area (Å²) in [6.07, 6.45) is 6.80. The van der Waals surface area contributed by atoms with Crippen LogP contribution in [-0.4, -0.2) is 79.3 Å². The number of urea groups is 2. The van der Waals surface area contributed by atoms with Gasteiger partial charge in [0, 0.05) is 46.8 Å². The number of nitrogens with zero attached hydrogens (tertiary/aromatic N) is 3. The van der Waals surface area contributed by atoms with E-state index in [0.29, 0.717) is 39.1 Å². The Morgan fingerprint density at radius 3 is 2.83 bits per heavy atom. The number of anilines is 1. The van der Waals surface area contributed by atoms with Crippen molar-refractivity contribution in [2.45, 2.75) is 38.7 Å². The predicted octanol–water partition coefficient (Wildman–Crippen LogP) is 5.14. The average molecular weight is 515 g/mol. The number of ether oxygens (including phenoxy) is 2. The van der Waals surface area contributed by atoms with Crippen LogP contribution in [0.25, 0.3) is 0 Å². The summed E-state index contributed by atoms with van der Waals surface area (Å²) >= 11 is 1.50. The van der Waals surface area contributed by atoms with Crippen LogP contribution in [0.4, 0.5) is 14.6 Å². The van der Waals surface area contributed by atoms with Crippen molar-refractivity contribution in [2.75, 3.05) is 52.3 Å². The van der Waals surface area contributed by atoms with Crippen LogP contribution in [0, 0.1) is 11.8 Å². The molecular formula is C27H38N4O4S. The second-order valence-electron chi connectivity index (χ2n) is 10.0. The molecule has 8 nitrogen and oxygen atoms in total. The van der Waals surface area contributed by atoms with E-state index in [1.807, 2.05) is 39.1 Å². The molecule has 2 aliphatic heterocycles. The summed E-state index contributed by atoms with van der Waals surface area (Å²) in [7, 11) is 3.50. The molecule has 0 bridgehead atoms.